The number of benzene rings is 1. The molecule has 0 bridgehead atoms. The largest absolute Gasteiger partial charge is 0.419 e. The lowest BCUT2D eigenvalue weighted by Crippen LogP contribution is -2.31. The maximum Gasteiger partial charge on any atom is 0.419 e. The number of nitrogens with one attached hydrogen (secondary N) is 1. The van der Waals surface area contributed by atoms with Crippen LogP contribution in [-0.4, -0.2) is 13.1 Å². The third kappa shape index (κ3) is 4.47. The number of rotatable bonds is 5. The van der Waals surface area contributed by atoms with E-state index in [-0.39, 0.29) is 6.54 Å². The van der Waals surface area contributed by atoms with Gasteiger partial charge < -0.3 is 11.1 Å². The molecule has 0 fully saturated rings. The molecule has 1 unspecified atom stereocenters. The maximum absolute atomic E-state index is 13.2. The number of hydrogen-bond acceptors (Lipinski definition) is 2. The minimum Gasteiger partial charge on any atom is -0.329 e. The average molecular weight is 278 g/mol. The first-order valence-electron chi connectivity index (χ1n) is 6.05. The zero-order chi connectivity index (χ0) is 14.6. The molecule has 0 amide bonds. The van der Waals surface area contributed by atoms with E-state index < -0.39 is 23.6 Å². The van der Waals surface area contributed by atoms with Crippen LogP contribution in [-0.2, 0) is 6.18 Å². The van der Waals surface area contributed by atoms with Crippen LogP contribution in [0.2, 0.25) is 0 Å². The van der Waals surface area contributed by atoms with E-state index in [0.717, 1.165) is 12.1 Å². The minimum absolute atomic E-state index is 0.148. The molecule has 0 spiro atoms. The summed E-state index contributed by atoms with van der Waals surface area (Å²) in [5.74, 6) is -0.924. The van der Waals surface area contributed by atoms with Gasteiger partial charge in [-0.1, -0.05) is 19.9 Å². The van der Waals surface area contributed by atoms with Gasteiger partial charge in [0.2, 0.25) is 0 Å². The van der Waals surface area contributed by atoms with Crippen molar-refractivity contribution < 1.29 is 17.6 Å². The van der Waals surface area contributed by atoms with Gasteiger partial charge in [-0.25, -0.2) is 4.39 Å². The van der Waals surface area contributed by atoms with E-state index in [0.29, 0.717) is 18.0 Å². The Kier molecular flexibility index (Phi) is 5.31. The second kappa shape index (κ2) is 6.34. The summed E-state index contributed by atoms with van der Waals surface area (Å²) in [6.45, 7) is 4.73. The predicted octanol–water partition coefficient (Wildman–Crippen LogP) is 3.09. The zero-order valence-electron chi connectivity index (χ0n) is 10.9. The van der Waals surface area contributed by atoms with E-state index in [4.69, 9.17) is 5.73 Å². The molecule has 0 aliphatic rings. The van der Waals surface area contributed by atoms with Gasteiger partial charge in [-0.05, 0) is 30.2 Å². The van der Waals surface area contributed by atoms with Crippen molar-refractivity contribution in [2.24, 2.45) is 11.7 Å². The molecule has 3 N–H and O–H groups in total. The summed E-state index contributed by atoms with van der Waals surface area (Å²) in [4.78, 5) is 0. The molecule has 0 aliphatic carbocycles. The fourth-order valence-corrected chi connectivity index (χ4v) is 1.69. The molecule has 0 aromatic heterocycles. The average Bonchev–Trinajstić information content (AvgIpc) is 2.29. The quantitative estimate of drug-likeness (QED) is 0.812. The molecule has 6 heteroatoms. The SMILES string of the molecule is CC(C)CNC(CN)c1ccc(F)c(C(F)(F)F)c1. The molecule has 1 aromatic rings. The normalized spacial score (nSPS) is 13.9. The Morgan fingerprint density at radius 2 is 1.89 bits per heavy atom. The van der Waals surface area contributed by atoms with Crippen LogP contribution in [0.25, 0.3) is 0 Å². The highest BCUT2D eigenvalue weighted by Gasteiger charge is 2.34. The van der Waals surface area contributed by atoms with Crippen LogP contribution >= 0.6 is 0 Å². The second-order valence-corrected chi connectivity index (χ2v) is 4.83. The van der Waals surface area contributed by atoms with Crippen LogP contribution in [0.5, 0.6) is 0 Å². The molecule has 0 saturated heterocycles. The van der Waals surface area contributed by atoms with E-state index in [1.165, 1.54) is 6.07 Å². The van der Waals surface area contributed by atoms with Gasteiger partial charge >= 0.3 is 6.18 Å². The molecule has 19 heavy (non-hydrogen) atoms. The standard InChI is InChI=1S/C13H18F4N2/c1-8(2)7-19-12(6-18)9-3-4-11(14)10(5-9)13(15,16)17/h3-5,8,12,19H,6-7,18H2,1-2H3. The van der Waals surface area contributed by atoms with Crippen molar-refractivity contribution in [2.45, 2.75) is 26.1 Å². The Morgan fingerprint density at radius 3 is 2.37 bits per heavy atom. The van der Waals surface area contributed by atoms with Crippen molar-refractivity contribution in [1.29, 1.82) is 0 Å². The summed E-state index contributed by atoms with van der Waals surface area (Å²) in [5.41, 5.74) is 4.64. The van der Waals surface area contributed by atoms with E-state index in [2.05, 4.69) is 5.32 Å². The van der Waals surface area contributed by atoms with Crippen LogP contribution in [0.4, 0.5) is 17.6 Å². The summed E-state index contributed by atoms with van der Waals surface area (Å²) >= 11 is 0. The van der Waals surface area contributed by atoms with Gasteiger partial charge in [-0.15, -0.1) is 0 Å². The van der Waals surface area contributed by atoms with Gasteiger partial charge in [0.25, 0.3) is 0 Å². The molecule has 2 nitrogen and oxygen atoms in total. The second-order valence-electron chi connectivity index (χ2n) is 4.83. The van der Waals surface area contributed by atoms with Crippen LogP contribution in [0, 0.1) is 11.7 Å². The van der Waals surface area contributed by atoms with Crippen molar-refractivity contribution in [2.75, 3.05) is 13.1 Å². The number of alkyl halides is 3. The van der Waals surface area contributed by atoms with Crippen molar-refractivity contribution in [3.63, 3.8) is 0 Å². The lowest BCUT2D eigenvalue weighted by molar-refractivity contribution is -0.140. The Labute approximate surface area is 110 Å². The molecule has 0 heterocycles. The van der Waals surface area contributed by atoms with Crippen molar-refractivity contribution in [3.05, 3.63) is 35.1 Å². The third-order valence-corrected chi connectivity index (χ3v) is 2.71. The fourth-order valence-electron chi connectivity index (χ4n) is 1.69. The van der Waals surface area contributed by atoms with Gasteiger partial charge in [-0.3, -0.25) is 0 Å². The molecule has 1 atom stereocenters. The van der Waals surface area contributed by atoms with Gasteiger partial charge in [0.05, 0.1) is 5.56 Å². The summed E-state index contributed by atoms with van der Waals surface area (Å²) in [6.07, 6.45) is -4.70. The van der Waals surface area contributed by atoms with Crippen molar-refractivity contribution in [1.82, 2.24) is 5.32 Å². The topological polar surface area (TPSA) is 38.0 Å². The number of halogens is 4. The summed E-state index contributed by atoms with van der Waals surface area (Å²) in [7, 11) is 0. The fraction of sp³-hybridized carbons (Fsp3) is 0.538. The Balaban J connectivity index is 2.99. The Bertz CT molecular complexity index is 416. The number of hydrogen-bond donors (Lipinski definition) is 2. The molecule has 0 aliphatic heterocycles. The highest BCUT2D eigenvalue weighted by Crippen LogP contribution is 2.32. The van der Waals surface area contributed by atoms with Gasteiger partial charge in [0, 0.05) is 12.6 Å². The molecule has 1 rings (SSSR count). The van der Waals surface area contributed by atoms with Gasteiger partial charge in [0.1, 0.15) is 5.82 Å². The molecule has 1 aromatic carbocycles. The van der Waals surface area contributed by atoms with Crippen LogP contribution < -0.4 is 11.1 Å². The van der Waals surface area contributed by atoms with Crippen LogP contribution in [0.3, 0.4) is 0 Å². The van der Waals surface area contributed by atoms with Crippen molar-refractivity contribution in [3.8, 4) is 0 Å². The maximum atomic E-state index is 13.2. The third-order valence-electron chi connectivity index (χ3n) is 2.71. The predicted molar refractivity (Wildman–Crippen MR) is 66.0 cm³/mol. The lowest BCUT2D eigenvalue weighted by atomic mass is 10.0. The van der Waals surface area contributed by atoms with Crippen LogP contribution in [0.15, 0.2) is 18.2 Å². The van der Waals surface area contributed by atoms with Gasteiger partial charge in [0.15, 0.2) is 0 Å². The zero-order valence-corrected chi connectivity index (χ0v) is 10.9. The van der Waals surface area contributed by atoms with E-state index in [1.807, 2.05) is 13.8 Å². The monoisotopic (exact) mass is 278 g/mol. The molecule has 0 radical (unpaired) electrons. The first-order valence-corrected chi connectivity index (χ1v) is 6.05. The first kappa shape index (κ1) is 15.9. The molecule has 108 valence electrons. The summed E-state index contributed by atoms with van der Waals surface area (Å²) in [6, 6.07) is 2.57. The van der Waals surface area contributed by atoms with Crippen LogP contribution in [0.1, 0.15) is 31.0 Å². The Morgan fingerprint density at radius 1 is 1.26 bits per heavy atom. The summed E-state index contributed by atoms with van der Waals surface area (Å²) < 4.78 is 51.0. The number of nitrogens with two attached hydrogens (primary N) is 1. The molecular formula is C13H18F4N2. The van der Waals surface area contributed by atoms with E-state index >= 15 is 0 Å². The van der Waals surface area contributed by atoms with E-state index in [1.54, 1.807) is 0 Å². The van der Waals surface area contributed by atoms with Crippen molar-refractivity contribution >= 4 is 0 Å². The molecular weight excluding hydrogens is 260 g/mol. The smallest absolute Gasteiger partial charge is 0.329 e. The molecule has 0 saturated carbocycles. The highest BCUT2D eigenvalue weighted by molar-refractivity contribution is 5.29. The van der Waals surface area contributed by atoms with E-state index in [9.17, 15) is 17.6 Å². The first-order chi connectivity index (χ1) is 8.75. The summed E-state index contributed by atoms with van der Waals surface area (Å²) in [5, 5.41) is 3.07. The van der Waals surface area contributed by atoms with Gasteiger partial charge in [-0.2, -0.15) is 13.2 Å². The highest BCUT2D eigenvalue weighted by atomic mass is 19.4. The lowest BCUT2D eigenvalue weighted by Gasteiger charge is -2.20. The Hall–Kier alpha value is -1.14. The minimum atomic E-state index is -4.70.